The van der Waals surface area contributed by atoms with E-state index in [0.29, 0.717) is 5.52 Å². The average molecular weight is 269 g/mol. The molecule has 0 fully saturated rings. The first-order valence-electron chi connectivity index (χ1n) is 5.16. The van der Waals surface area contributed by atoms with Gasteiger partial charge in [0.15, 0.2) is 0 Å². The molecule has 7 heteroatoms. The van der Waals surface area contributed by atoms with Gasteiger partial charge in [-0.2, -0.15) is 0 Å². The Hall–Kier alpha value is -2.08. The van der Waals surface area contributed by atoms with Crippen molar-refractivity contribution in [3.8, 4) is 0 Å². The van der Waals surface area contributed by atoms with E-state index >= 15 is 0 Å². The highest BCUT2D eigenvalue weighted by Gasteiger charge is 2.14. The fraction of sp³-hybridized carbons (Fsp3) is 0.182. The SMILES string of the molecule is CCOC(=O)c1ccc2[nH]c(=O)n(C(=O)Cl)c2c1. The van der Waals surface area contributed by atoms with Crippen LogP contribution in [-0.4, -0.2) is 27.5 Å². The lowest BCUT2D eigenvalue weighted by Gasteiger charge is -2.02. The van der Waals surface area contributed by atoms with Gasteiger partial charge in [0.1, 0.15) is 0 Å². The molecule has 0 atom stereocenters. The fourth-order valence-corrected chi connectivity index (χ4v) is 1.79. The minimum atomic E-state index is -0.938. The summed E-state index contributed by atoms with van der Waals surface area (Å²) in [6.07, 6.45) is 0. The minimum Gasteiger partial charge on any atom is -0.462 e. The van der Waals surface area contributed by atoms with Gasteiger partial charge in [-0.3, -0.25) is 4.79 Å². The molecule has 0 saturated heterocycles. The third kappa shape index (κ3) is 2.02. The van der Waals surface area contributed by atoms with Gasteiger partial charge in [0.05, 0.1) is 23.2 Å². The lowest BCUT2D eigenvalue weighted by Crippen LogP contribution is -2.19. The molecule has 1 aromatic heterocycles. The average Bonchev–Trinajstić information content (AvgIpc) is 2.64. The maximum Gasteiger partial charge on any atom is 0.338 e. The van der Waals surface area contributed by atoms with Crippen molar-refractivity contribution in [3.05, 3.63) is 34.2 Å². The van der Waals surface area contributed by atoms with Crippen molar-refractivity contribution in [1.82, 2.24) is 9.55 Å². The summed E-state index contributed by atoms with van der Waals surface area (Å²) >= 11 is 5.31. The van der Waals surface area contributed by atoms with E-state index in [1.165, 1.54) is 18.2 Å². The van der Waals surface area contributed by atoms with Crippen LogP contribution in [0.3, 0.4) is 0 Å². The molecule has 1 aromatic carbocycles. The van der Waals surface area contributed by atoms with Crippen molar-refractivity contribution in [3.63, 3.8) is 0 Å². The monoisotopic (exact) mass is 268 g/mol. The summed E-state index contributed by atoms with van der Waals surface area (Å²) in [5, 5.41) is -0.938. The van der Waals surface area contributed by atoms with E-state index in [4.69, 9.17) is 16.3 Å². The van der Waals surface area contributed by atoms with Gasteiger partial charge in [-0.15, -0.1) is 0 Å². The van der Waals surface area contributed by atoms with Crippen molar-refractivity contribution in [2.75, 3.05) is 6.61 Å². The van der Waals surface area contributed by atoms with E-state index in [0.717, 1.165) is 4.57 Å². The van der Waals surface area contributed by atoms with Crippen LogP contribution in [0.2, 0.25) is 0 Å². The Labute approximate surface area is 106 Å². The largest absolute Gasteiger partial charge is 0.462 e. The predicted molar refractivity (Wildman–Crippen MR) is 65.2 cm³/mol. The Morgan fingerprint density at radius 1 is 1.44 bits per heavy atom. The lowest BCUT2D eigenvalue weighted by molar-refractivity contribution is 0.0526. The fourth-order valence-electron chi connectivity index (χ4n) is 1.62. The van der Waals surface area contributed by atoms with E-state index in [1.54, 1.807) is 6.92 Å². The summed E-state index contributed by atoms with van der Waals surface area (Å²) in [7, 11) is 0. The summed E-state index contributed by atoms with van der Waals surface area (Å²) in [6.45, 7) is 1.93. The summed E-state index contributed by atoms with van der Waals surface area (Å²) in [5.41, 5.74) is 0.258. The maximum absolute atomic E-state index is 11.5. The molecule has 0 radical (unpaired) electrons. The van der Waals surface area contributed by atoms with Crippen molar-refractivity contribution in [2.45, 2.75) is 6.92 Å². The van der Waals surface area contributed by atoms with E-state index in [1.807, 2.05) is 0 Å². The number of aromatic amines is 1. The number of nitrogens with one attached hydrogen (secondary N) is 1. The summed E-state index contributed by atoms with van der Waals surface area (Å²) in [4.78, 5) is 36.6. The number of imidazole rings is 1. The summed E-state index contributed by atoms with van der Waals surface area (Å²) in [5.74, 6) is -0.526. The van der Waals surface area contributed by atoms with Gasteiger partial charge in [-0.25, -0.2) is 14.2 Å². The number of carbonyl (C=O) groups is 2. The van der Waals surface area contributed by atoms with E-state index in [-0.39, 0.29) is 17.7 Å². The minimum absolute atomic E-state index is 0.241. The Bertz CT molecular complexity index is 686. The van der Waals surface area contributed by atoms with E-state index < -0.39 is 17.0 Å². The second-order valence-corrected chi connectivity index (χ2v) is 3.79. The Morgan fingerprint density at radius 2 is 2.17 bits per heavy atom. The molecule has 0 aliphatic heterocycles. The van der Waals surface area contributed by atoms with Crippen LogP contribution in [0.1, 0.15) is 17.3 Å². The Kier molecular flexibility index (Phi) is 3.20. The molecule has 0 bridgehead atoms. The van der Waals surface area contributed by atoms with Gasteiger partial charge in [0.25, 0.3) is 0 Å². The smallest absolute Gasteiger partial charge is 0.338 e. The maximum atomic E-state index is 11.5. The number of H-pyrrole nitrogens is 1. The van der Waals surface area contributed by atoms with Crippen LogP contribution in [0.5, 0.6) is 0 Å². The van der Waals surface area contributed by atoms with E-state index in [2.05, 4.69) is 4.98 Å². The first-order valence-corrected chi connectivity index (χ1v) is 5.54. The molecule has 2 aromatic rings. The van der Waals surface area contributed by atoms with Crippen LogP contribution in [0.15, 0.2) is 23.0 Å². The molecule has 0 aliphatic rings. The van der Waals surface area contributed by atoms with Crippen LogP contribution in [0.4, 0.5) is 4.79 Å². The van der Waals surface area contributed by atoms with Crippen LogP contribution in [0.25, 0.3) is 11.0 Å². The normalized spacial score (nSPS) is 10.6. The number of hydrogen-bond donors (Lipinski definition) is 1. The number of esters is 1. The molecular weight excluding hydrogens is 260 g/mol. The van der Waals surface area contributed by atoms with Crippen molar-refractivity contribution < 1.29 is 14.3 Å². The third-order valence-corrected chi connectivity index (χ3v) is 2.54. The van der Waals surface area contributed by atoms with E-state index in [9.17, 15) is 14.4 Å². The van der Waals surface area contributed by atoms with Gasteiger partial charge in [0, 0.05) is 0 Å². The molecule has 1 heterocycles. The number of hydrogen-bond acceptors (Lipinski definition) is 4. The summed E-state index contributed by atoms with van der Waals surface area (Å²) < 4.78 is 5.58. The zero-order valence-electron chi connectivity index (χ0n) is 9.40. The lowest BCUT2D eigenvalue weighted by atomic mass is 10.2. The molecule has 0 saturated carbocycles. The topological polar surface area (TPSA) is 81.2 Å². The van der Waals surface area contributed by atoms with Crippen molar-refractivity contribution in [2.24, 2.45) is 0 Å². The highest BCUT2D eigenvalue weighted by atomic mass is 35.5. The number of rotatable bonds is 2. The second-order valence-electron chi connectivity index (χ2n) is 3.47. The molecular formula is C11H9ClN2O4. The summed E-state index contributed by atoms with van der Waals surface area (Å²) in [6, 6.07) is 4.39. The molecule has 1 N–H and O–H groups in total. The van der Waals surface area contributed by atoms with Crippen LogP contribution >= 0.6 is 11.6 Å². The standard InChI is InChI=1S/C11H9ClN2O4/c1-2-18-9(15)6-3-4-7-8(5-6)14(10(12)16)11(17)13-7/h3-5H,2H2,1H3,(H,13,17). The molecule has 0 amide bonds. The highest BCUT2D eigenvalue weighted by molar-refractivity contribution is 6.63. The zero-order chi connectivity index (χ0) is 13.3. The molecule has 6 nitrogen and oxygen atoms in total. The molecule has 18 heavy (non-hydrogen) atoms. The number of benzene rings is 1. The van der Waals surface area contributed by atoms with Crippen molar-refractivity contribution >= 4 is 34.0 Å². The zero-order valence-corrected chi connectivity index (χ0v) is 10.2. The van der Waals surface area contributed by atoms with Gasteiger partial charge in [0.2, 0.25) is 0 Å². The third-order valence-electron chi connectivity index (χ3n) is 2.37. The van der Waals surface area contributed by atoms with Crippen LogP contribution in [0, 0.1) is 0 Å². The Balaban J connectivity index is 2.63. The number of carbonyl (C=O) groups excluding carboxylic acids is 2. The van der Waals surface area contributed by atoms with Crippen LogP contribution < -0.4 is 5.69 Å². The first-order chi connectivity index (χ1) is 8.54. The van der Waals surface area contributed by atoms with Gasteiger partial charge < -0.3 is 9.72 Å². The predicted octanol–water partition coefficient (Wildman–Crippen LogP) is 1.71. The highest BCUT2D eigenvalue weighted by Crippen LogP contribution is 2.14. The first kappa shape index (κ1) is 12.4. The number of ether oxygens (including phenoxy) is 1. The molecule has 2 rings (SSSR count). The number of halogens is 1. The van der Waals surface area contributed by atoms with Gasteiger partial charge in [-0.05, 0) is 36.7 Å². The quantitative estimate of drug-likeness (QED) is 0.664. The molecule has 0 unspecified atom stereocenters. The van der Waals surface area contributed by atoms with Crippen LogP contribution in [-0.2, 0) is 4.74 Å². The van der Waals surface area contributed by atoms with Gasteiger partial charge in [-0.1, -0.05) is 0 Å². The molecule has 94 valence electrons. The molecule has 0 aliphatic carbocycles. The Morgan fingerprint density at radius 3 is 2.78 bits per heavy atom. The number of nitrogens with zero attached hydrogens (tertiary/aromatic N) is 1. The van der Waals surface area contributed by atoms with Crippen molar-refractivity contribution in [1.29, 1.82) is 0 Å². The number of aromatic nitrogens is 2. The van der Waals surface area contributed by atoms with Gasteiger partial charge >= 0.3 is 17.0 Å². The molecule has 0 spiro atoms. The number of fused-ring (bicyclic) bond motifs is 1. The second kappa shape index (κ2) is 4.66.